The second-order valence-electron chi connectivity index (χ2n) is 9.03. The molecule has 3 nitrogen and oxygen atoms in total. The maximum Gasteiger partial charge on any atom is 0.123 e. The van der Waals surface area contributed by atoms with Gasteiger partial charge in [-0.15, -0.1) is 0 Å². The lowest BCUT2D eigenvalue weighted by Gasteiger charge is -2.33. The molecule has 0 radical (unpaired) electrons. The van der Waals surface area contributed by atoms with Crippen LogP contribution in [0, 0.1) is 17.7 Å². The number of nitrogens with one attached hydrogen (secondary N) is 1. The molecule has 1 saturated heterocycles. The van der Waals surface area contributed by atoms with Gasteiger partial charge in [-0.2, -0.15) is 0 Å². The summed E-state index contributed by atoms with van der Waals surface area (Å²) in [6.07, 6.45) is 11.6. The molecule has 2 fully saturated rings. The van der Waals surface area contributed by atoms with E-state index in [1.807, 2.05) is 6.07 Å². The highest BCUT2D eigenvalue weighted by molar-refractivity contribution is 9.10. The molecule has 0 unspecified atom stereocenters. The molecule has 0 aromatic heterocycles. The van der Waals surface area contributed by atoms with Crippen LogP contribution in [0.2, 0.25) is 0 Å². The van der Waals surface area contributed by atoms with Crippen molar-refractivity contribution in [2.75, 3.05) is 39.9 Å². The van der Waals surface area contributed by atoms with E-state index in [2.05, 4.69) is 26.1 Å². The second kappa shape index (κ2) is 12.4. The molecule has 3 rings (SSSR count). The minimum absolute atomic E-state index is 0.125. The van der Waals surface area contributed by atoms with Gasteiger partial charge in [-0.25, -0.2) is 4.39 Å². The van der Waals surface area contributed by atoms with Crippen molar-refractivity contribution in [3.63, 3.8) is 0 Å². The molecule has 5 heteroatoms. The van der Waals surface area contributed by atoms with Crippen molar-refractivity contribution in [3.05, 3.63) is 34.1 Å². The lowest BCUT2D eigenvalue weighted by Crippen LogP contribution is -2.36. The number of ether oxygens (including phenoxy) is 1. The Labute approximate surface area is 184 Å². The maximum atomic E-state index is 13.5. The Morgan fingerprint density at radius 2 is 1.86 bits per heavy atom. The van der Waals surface area contributed by atoms with Crippen LogP contribution < -0.4 is 5.32 Å². The molecule has 2 aliphatic rings. The summed E-state index contributed by atoms with van der Waals surface area (Å²) in [6.45, 7) is 5.46. The molecule has 0 bridgehead atoms. The Bertz CT molecular complexity index is 599. The zero-order chi connectivity index (χ0) is 20.5. The van der Waals surface area contributed by atoms with Gasteiger partial charge in [0.15, 0.2) is 0 Å². The second-order valence-corrected chi connectivity index (χ2v) is 9.89. The number of piperidine rings is 1. The van der Waals surface area contributed by atoms with E-state index in [0.717, 1.165) is 35.5 Å². The van der Waals surface area contributed by atoms with Gasteiger partial charge >= 0.3 is 0 Å². The number of rotatable bonds is 10. The number of hydrogen-bond acceptors (Lipinski definition) is 3. The van der Waals surface area contributed by atoms with Gasteiger partial charge in [-0.3, -0.25) is 0 Å². The van der Waals surface area contributed by atoms with Crippen LogP contribution in [0.15, 0.2) is 22.7 Å². The summed E-state index contributed by atoms with van der Waals surface area (Å²) >= 11 is 3.57. The van der Waals surface area contributed by atoms with Crippen LogP contribution >= 0.6 is 15.9 Å². The zero-order valence-corrected chi connectivity index (χ0v) is 19.6. The molecule has 0 atom stereocenters. The smallest absolute Gasteiger partial charge is 0.123 e. The van der Waals surface area contributed by atoms with Crippen LogP contribution in [0.25, 0.3) is 0 Å². The van der Waals surface area contributed by atoms with Crippen LogP contribution in [0.4, 0.5) is 4.39 Å². The predicted molar refractivity (Wildman–Crippen MR) is 122 cm³/mol. The Morgan fingerprint density at radius 1 is 1.10 bits per heavy atom. The van der Waals surface area contributed by atoms with E-state index >= 15 is 0 Å². The van der Waals surface area contributed by atoms with Crippen LogP contribution in [0.1, 0.15) is 56.9 Å². The van der Waals surface area contributed by atoms with Gasteiger partial charge in [0, 0.05) is 24.2 Å². The summed E-state index contributed by atoms with van der Waals surface area (Å²) in [5.41, 5.74) is 1.12. The Balaban J connectivity index is 1.26. The molecule has 164 valence electrons. The standard InChI is InChI=1S/C24H38BrFN2O/c1-29-16-12-27-23-7-4-19(5-8-23)3-2-13-28-14-10-20(11-15-28)17-21-18-22(26)6-9-24(21)25/h6,9,18-20,23,27H,2-5,7-8,10-17H2,1H3/t19-,23-. The molecule has 1 aromatic rings. The molecule has 0 spiro atoms. The number of hydrogen-bond donors (Lipinski definition) is 1. The minimum atomic E-state index is -0.125. The van der Waals surface area contributed by atoms with Crippen molar-refractivity contribution in [3.8, 4) is 0 Å². The van der Waals surface area contributed by atoms with Crippen LogP contribution in [-0.2, 0) is 11.2 Å². The quantitative estimate of drug-likeness (QED) is 0.464. The Morgan fingerprint density at radius 3 is 2.59 bits per heavy atom. The molecule has 1 heterocycles. The summed E-state index contributed by atoms with van der Waals surface area (Å²) in [5.74, 6) is 1.49. The van der Waals surface area contributed by atoms with Gasteiger partial charge in [0.25, 0.3) is 0 Å². The fourth-order valence-corrected chi connectivity index (χ4v) is 5.46. The van der Waals surface area contributed by atoms with Gasteiger partial charge in [0.1, 0.15) is 5.82 Å². The third kappa shape index (κ3) is 7.93. The van der Waals surface area contributed by atoms with E-state index in [-0.39, 0.29) is 5.82 Å². The number of benzene rings is 1. The summed E-state index contributed by atoms with van der Waals surface area (Å²) in [7, 11) is 1.77. The minimum Gasteiger partial charge on any atom is -0.383 e. The summed E-state index contributed by atoms with van der Waals surface area (Å²) in [6, 6.07) is 5.76. The fourth-order valence-electron chi connectivity index (χ4n) is 5.05. The SMILES string of the molecule is COCCN[C@H]1CC[C@H](CCCN2CCC(Cc3cc(F)ccc3Br)CC2)CC1. The molecule has 1 aliphatic carbocycles. The first-order valence-electron chi connectivity index (χ1n) is 11.5. The number of halogens is 2. The summed E-state index contributed by atoms with van der Waals surface area (Å²) < 4.78 is 19.7. The number of nitrogens with zero attached hydrogens (tertiary/aromatic N) is 1. The number of methoxy groups -OCH3 is 1. The Kier molecular flexibility index (Phi) is 9.90. The van der Waals surface area contributed by atoms with Crippen molar-refractivity contribution in [1.29, 1.82) is 0 Å². The van der Waals surface area contributed by atoms with E-state index in [1.54, 1.807) is 13.2 Å². The Hall–Kier alpha value is -0.490. The predicted octanol–water partition coefficient (Wildman–Crippen LogP) is 5.42. The van der Waals surface area contributed by atoms with E-state index < -0.39 is 0 Å². The molecule has 1 aliphatic heterocycles. The first-order chi connectivity index (χ1) is 14.1. The van der Waals surface area contributed by atoms with Gasteiger partial charge in [-0.05, 0) is 113 Å². The van der Waals surface area contributed by atoms with Crippen molar-refractivity contribution >= 4 is 15.9 Å². The van der Waals surface area contributed by atoms with E-state index in [4.69, 9.17) is 4.74 Å². The van der Waals surface area contributed by atoms with Gasteiger partial charge < -0.3 is 15.0 Å². The lowest BCUT2D eigenvalue weighted by molar-refractivity contribution is 0.171. The fraction of sp³-hybridized carbons (Fsp3) is 0.750. The van der Waals surface area contributed by atoms with E-state index in [1.165, 1.54) is 77.1 Å². The van der Waals surface area contributed by atoms with E-state index in [9.17, 15) is 4.39 Å². The monoisotopic (exact) mass is 468 g/mol. The van der Waals surface area contributed by atoms with Gasteiger partial charge in [-0.1, -0.05) is 15.9 Å². The van der Waals surface area contributed by atoms with Crippen LogP contribution in [0.5, 0.6) is 0 Å². The highest BCUT2D eigenvalue weighted by Crippen LogP contribution is 2.29. The third-order valence-corrected chi connectivity index (χ3v) is 7.67. The van der Waals surface area contributed by atoms with Crippen molar-refractivity contribution < 1.29 is 9.13 Å². The highest BCUT2D eigenvalue weighted by atomic mass is 79.9. The average molecular weight is 469 g/mol. The summed E-state index contributed by atoms with van der Waals surface area (Å²) in [5, 5.41) is 3.62. The van der Waals surface area contributed by atoms with E-state index in [0.29, 0.717) is 12.0 Å². The van der Waals surface area contributed by atoms with Crippen molar-refractivity contribution in [2.24, 2.45) is 11.8 Å². The molecule has 29 heavy (non-hydrogen) atoms. The average Bonchev–Trinajstić information content (AvgIpc) is 2.73. The lowest BCUT2D eigenvalue weighted by atomic mass is 9.83. The maximum absolute atomic E-state index is 13.5. The molecule has 0 amide bonds. The first-order valence-corrected chi connectivity index (χ1v) is 12.3. The van der Waals surface area contributed by atoms with Crippen LogP contribution in [0.3, 0.4) is 0 Å². The summed E-state index contributed by atoms with van der Waals surface area (Å²) in [4.78, 5) is 2.65. The number of likely N-dealkylation sites (tertiary alicyclic amines) is 1. The first kappa shape index (κ1) is 23.2. The molecule has 1 aromatic carbocycles. The van der Waals surface area contributed by atoms with Gasteiger partial charge in [0.2, 0.25) is 0 Å². The highest BCUT2D eigenvalue weighted by Gasteiger charge is 2.22. The van der Waals surface area contributed by atoms with Crippen molar-refractivity contribution in [2.45, 2.75) is 63.8 Å². The molecular formula is C24H38BrFN2O. The molecule has 1 N–H and O–H groups in total. The zero-order valence-electron chi connectivity index (χ0n) is 18.0. The topological polar surface area (TPSA) is 24.5 Å². The third-order valence-electron chi connectivity index (χ3n) is 6.90. The van der Waals surface area contributed by atoms with Crippen molar-refractivity contribution in [1.82, 2.24) is 10.2 Å². The van der Waals surface area contributed by atoms with Gasteiger partial charge in [0.05, 0.1) is 6.61 Å². The molecular weight excluding hydrogens is 431 g/mol. The molecule has 1 saturated carbocycles. The largest absolute Gasteiger partial charge is 0.383 e. The normalized spacial score (nSPS) is 24.1. The van der Waals surface area contributed by atoms with Crippen LogP contribution in [-0.4, -0.2) is 50.8 Å².